The lowest BCUT2D eigenvalue weighted by molar-refractivity contribution is -0.142. The Balaban J connectivity index is 2.89. The molecule has 1 aromatic rings. The van der Waals surface area contributed by atoms with E-state index in [2.05, 4.69) is 21.2 Å². The molecule has 2 N–H and O–H groups in total. The zero-order valence-corrected chi connectivity index (χ0v) is 10.3. The molecule has 0 radical (unpaired) electrons. The number of rotatable bonds is 4. The summed E-state index contributed by atoms with van der Waals surface area (Å²) in [5.74, 6) is -1.35. The molecule has 0 aromatic heterocycles. The second-order valence-corrected chi connectivity index (χ2v) is 4.16. The van der Waals surface area contributed by atoms with Crippen LogP contribution in [0.1, 0.15) is 24.9 Å². The van der Waals surface area contributed by atoms with Gasteiger partial charge in [-0.25, -0.2) is 4.79 Å². The lowest BCUT2D eigenvalue weighted by atomic mass is 10.1. The first-order valence-electron chi connectivity index (χ1n) is 4.82. The molecule has 0 spiro atoms. The van der Waals surface area contributed by atoms with Gasteiger partial charge in [-0.15, -0.1) is 0 Å². The van der Waals surface area contributed by atoms with Crippen molar-refractivity contribution in [2.45, 2.75) is 19.4 Å². The number of hydrogen-bond donors (Lipinski definition) is 2. The zero-order chi connectivity index (χ0) is 12.1. The number of carbonyl (C=O) groups excluding carboxylic acids is 1. The van der Waals surface area contributed by atoms with Gasteiger partial charge in [0.25, 0.3) is 0 Å². The van der Waals surface area contributed by atoms with E-state index in [1.165, 1.54) is 0 Å². The SMILES string of the molecule is CCC(=O)NC(C(=O)O)c1ccc(Br)cc1. The summed E-state index contributed by atoms with van der Waals surface area (Å²) in [6, 6.07) is 5.82. The Bertz CT molecular complexity index is 389. The van der Waals surface area contributed by atoms with Crippen LogP contribution >= 0.6 is 15.9 Å². The number of amides is 1. The van der Waals surface area contributed by atoms with Crippen LogP contribution < -0.4 is 5.32 Å². The molecule has 5 heteroatoms. The predicted octanol–water partition coefficient (Wildman–Crippen LogP) is 2.10. The van der Waals surface area contributed by atoms with Crippen LogP contribution in [0.3, 0.4) is 0 Å². The summed E-state index contributed by atoms with van der Waals surface area (Å²) >= 11 is 3.26. The van der Waals surface area contributed by atoms with E-state index >= 15 is 0 Å². The molecule has 1 rings (SSSR count). The average Bonchev–Trinajstić information content (AvgIpc) is 2.26. The summed E-state index contributed by atoms with van der Waals surface area (Å²) in [6.45, 7) is 1.68. The molecule has 0 saturated heterocycles. The van der Waals surface area contributed by atoms with Crippen LogP contribution in [-0.4, -0.2) is 17.0 Å². The number of aliphatic carboxylic acids is 1. The van der Waals surface area contributed by atoms with Crippen LogP contribution in [0.5, 0.6) is 0 Å². The minimum Gasteiger partial charge on any atom is -0.479 e. The first kappa shape index (κ1) is 12.7. The zero-order valence-electron chi connectivity index (χ0n) is 8.74. The van der Waals surface area contributed by atoms with E-state index in [1.807, 2.05) is 0 Å². The highest BCUT2D eigenvalue weighted by molar-refractivity contribution is 9.10. The standard InChI is InChI=1S/C11H12BrNO3/c1-2-9(14)13-10(11(15)16)7-3-5-8(12)6-4-7/h3-6,10H,2H2,1H3,(H,13,14)(H,15,16). The third-order valence-corrected chi connectivity index (χ3v) is 2.61. The molecule has 1 unspecified atom stereocenters. The van der Waals surface area contributed by atoms with Crippen molar-refractivity contribution in [1.82, 2.24) is 5.32 Å². The number of halogens is 1. The second kappa shape index (κ2) is 5.65. The minimum absolute atomic E-state index is 0.264. The minimum atomic E-state index is -1.07. The fourth-order valence-corrected chi connectivity index (χ4v) is 1.47. The Morgan fingerprint density at radius 2 is 1.94 bits per heavy atom. The van der Waals surface area contributed by atoms with Gasteiger partial charge < -0.3 is 10.4 Å². The van der Waals surface area contributed by atoms with Crippen molar-refractivity contribution in [3.05, 3.63) is 34.3 Å². The van der Waals surface area contributed by atoms with Gasteiger partial charge in [-0.05, 0) is 17.7 Å². The molecular formula is C11H12BrNO3. The van der Waals surface area contributed by atoms with Gasteiger partial charge in [-0.1, -0.05) is 35.0 Å². The molecule has 16 heavy (non-hydrogen) atoms. The van der Waals surface area contributed by atoms with Crippen molar-refractivity contribution in [3.63, 3.8) is 0 Å². The van der Waals surface area contributed by atoms with E-state index in [0.717, 1.165) is 4.47 Å². The molecule has 0 fully saturated rings. The molecule has 0 aliphatic carbocycles. The van der Waals surface area contributed by atoms with Gasteiger partial charge in [0.15, 0.2) is 6.04 Å². The number of carboxylic acids is 1. The first-order valence-corrected chi connectivity index (χ1v) is 5.61. The molecule has 0 bridgehead atoms. The maximum atomic E-state index is 11.2. The molecule has 0 aliphatic heterocycles. The van der Waals surface area contributed by atoms with Gasteiger partial charge in [0.1, 0.15) is 0 Å². The van der Waals surface area contributed by atoms with Gasteiger partial charge in [0, 0.05) is 10.9 Å². The fourth-order valence-electron chi connectivity index (χ4n) is 1.21. The molecule has 1 aromatic carbocycles. The lowest BCUT2D eigenvalue weighted by Crippen LogP contribution is -2.33. The molecule has 0 aliphatic rings. The van der Waals surface area contributed by atoms with Crippen LogP contribution in [0.2, 0.25) is 0 Å². The smallest absolute Gasteiger partial charge is 0.330 e. The molecule has 86 valence electrons. The van der Waals surface area contributed by atoms with E-state index in [9.17, 15) is 9.59 Å². The van der Waals surface area contributed by atoms with Crippen molar-refractivity contribution >= 4 is 27.8 Å². The van der Waals surface area contributed by atoms with E-state index in [0.29, 0.717) is 5.56 Å². The number of carbonyl (C=O) groups is 2. The molecule has 4 nitrogen and oxygen atoms in total. The number of hydrogen-bond acceptors (Lipinski definition) is 2. The Hall–Kier alpha value is -1.36. The van der Waals surface area contributed by atoms with Gasteiger partial charge in [0.05, 0.1) is 0 Å². The average molecular weight is 286 g/mol. The summed E-state index contributed by atoms with van der Waals surface area (Å²) in [6.07, 6.45) is 0.264. The third-order valence-electron chi connectivity index (χ3n) is 2.08. The van der Waals surface area contributed by atoms with Crippen molar-refractivity contribution in [1.29, 1.82) is 0 Å². The fraction of sp³-hybridized carbons (Fsp3) is 0.273. The van der Waals surface area contributed by atoms with Crippen LogP contribution in [0.15, 0.2) is 28.7 Å². The Morgan fingerprint density at radius 1 is 1.38 bits per heavy atom. The molecule has 1 atom stereocenters. The number of carboxylic acid groups (broad SMARTS) is 1. The van der Waals surface area contributed by atoms with Crippen LogP contribution in [0.4, 0.5) is 0 Å². The summed E-state index contributed by atoms with van der Waals surface area (Å²) in [7, 11) is 0. The maximum Gasteiger partial charge on any atom is 0.330 e. The topological polar surface area (TPSA) is 66.4 Å². The van der Waals surface area contributed by atoms with E-state index in [-0.39, 0.29) is 12.3 Å². The lowest BCUT2D eigenvalue weighted by Gasteiger charge is -2.14. The van der Waals surface area contributed by atoms with Crippen molar-refractivity contribution in [2.75, 3.05) is 0 Å². The summed E-state index contributed by atoms with van der Waals surface area (Å²) in [5, 5.41) is 11.5. The van der Waals surface area contributed by atoms with Crippen LogP contribution in [-0.2, 0) is 9.59 Å². The summed E-state index contributed by atoms with van der Waals surface area (Å²) in [5.41, 5.74) is 0.553. The third kappa shape index (κ3) is 3.34. The monoisotopic (exact) mass is 285 g/mol. The van der Waals surface area contributed by atoms with E-state index < -0.39 is 12.0 Å². The van der Waals surface area contributed by atoms with E-state index in [4.69, 9.17) is 5.11 Å². The second-order valence-electron chi connectivity index (χ2n) is 3.24. The summed E-state index contributed by atoms with van der Waals surface area (Å²) < 4.78 is 0.863. The normalized spacial score (nSPS) is 11.9. The van der Waals surface area contributed by atoms with Gasteiger partial charge in [0.2, 0.25) is 5.91 Å². The quantitative estimate of drug-likeness (QED) is 0.890. The Labute approximate surface area is 102 Å². The Morgan fingerprint density at radius 3 is 2.38 bits per heavy atom. The van der Waals surface area contributed by atoms with E-state index in [1.54, 1.807) is 31.2 Å². The molecule has 0 saturated carbocycles. The van der Waals surface area contributed by atoms with Crippen LogP contribution in [0.25, 0.3) is 0 Å². The van der Waals surface area contributed by atoms with Crippen molar-refractivity contribution in [3.8, 4) is 0 Å². The van der Waals surface area contributed by atoms with Crippen molar-refractivity contribution in [2.24, 2.45) is 0 Å². The highest BCUT2D eigenvalue weighted by atomic mass is 79.9. The van der Waals surface area contributed by atoms with Crippen LogP contribution in [0, 0.1) is 0 Å². The highest BCUT2D eigenvalue weighted by Gasteiger charge is 2.20. The van der Waals surface area contributed by atoms with Gasteiger partial charge in [-0.2, -0.15) is 0 Å². The Kier molecular flexibility index (Phi) is 4.49. The van der Waals surface area contributed by atoms with Crippen molar-refractivity contribution < 1.29 is 14.7 Å². The van der Waals surface area contributed by atoms with Gasteiger partial charge in [-0.3, -0.25) is 4.79 Å². The molecular weight excluding hydrogens is 274 g/mol. The molecule has 1 amide bonds. The predicted molar refractivity (Wildman–Crippen MR) is 63.0 cm³/mol. The number of benzene rings is 1. The number of nitrogens with one attached hydrogen (secondary N) is 1. The first-order chi connectivity index (χ1) is 7.54. The largest absolute Gasteiger partial charge is 0.479 e. The molecule has 0 heterocycles. The summed E-state index contributed by atoms with van der Waals surface area (Å²) in [4.78, 5) is 22.2. The maximum absolute atomic E-state index is 11.2. The van der Waals surface area contributed by atoms with Gasteiger partial charge >= 0.3 is 5.97 Å². The highest BCUT2D eigenvalue weighted by Crippen LogP contribution is 2.17.